The van der Waals surface area contributed by atoms with Crippen LogP contribution in [0.5, 0.6) is 11.5 Å². The summed E-state index contributed by atoms with van der Waals surface area (Å²) in [6.45, 7) is 1.73. The molecule has 0 unspecified atom stereocenters. The molecule has 0 saturated carbocycles. The lowest BCUT2D eigenvalue weighted by Gasteiger charge is -2.02. The van der Waals surface area contributed by atoms with Gasteiger partial charge in [0.2, 0.25) is 5.91 Å². The van der Waals surface area contributed by atoms with Gasteiger partial charge in [0.25, 0.3) is 0 Å². The number of phenolic OH excluding ortho intramolecular Hbond substituents is 1. The van der Waals surface area contributed by atoms with Gasteiger partial charge in [0.05, 0.1) is 13.7 Å². The Morgan fingerprint density at radius 2 is 2.31 bits per heavy atom. The van der Waals surface area contributed by atoms with Crippen molar-refractivity contribution in [1.82, 2.24) is 5.32 Å². The van der Waals surface area contributed by atoms with Crippen molar-refractivity contribution in [3.8, 4) is 23.3 Å². The molecule has 1 amide bonds. The Morgan fingerprint density at radius 3 is 2.88 bits per heavy atom. The highest BCUT2D eigenvalue weighted by molar-refractivity contribution is 5.73. The molecule has 4 nitrogen and oxygen atoms in total. The van der Waals surface area contributed by atoms with Gasteiger partial charge in [-0.1, -0.05) is 11.8 Å². The van der Waals surface area contributed by atoms with Crippen LogP contribution in [0.1, 0.15) is 12.5 Å². The molecule has 84 valence electrons. The molecule has 1 aromatic carbocycles. The fourth-order valence-electron chi connectivity index (χ4n) is 1.08. The minimum Gasteiger partial charge on any atom is -0.504 e. The van der Waals surface area contributed by atoms with Crippen LogP contribution in [0.25, 0.3) is 0 Å². The molecule has 0 aliphatic heterocycles. The van der Waals surface area contributed by atoms with Gasteiger partial charge in [0.15, 0.2) is 11.5 Å². The number of rotatable bonds is 2. The molecule has 4 heteroatoms. The smallest absolute Gasteiger partial charge is 0.217 e. The van der Waals surface area contributed by atoms with Crippen LogP contribution in [-0.2, 0) is 4.79 Å². The molecule has 0 aliphatic carbocycles. The van der Waals surface area contributed by atoms with E-state index in [-0.39, 0.29) is 11.7 Å². The molecule has 16 heavy (non-hydrogen) atoms. The molecule has 0 heterocycles. The molecule has 0 radical (unpaired) electrons. The molecule has 2 N–H and O–H groups in total. The van der Waals surface area contributed by atoms with Crippen molar-refractivity contribution in [2.45, 2.75) is 6.92 Å². The van der Waals surface area contributed by atoms with Crippen LogP contribution < -0.4 is 10.1 Å². The Morgan fingerprint density at radius 1 is 1.56 bits per heavy atom. The molecule has 0 aliphatic rings. The topological polar surface area (TPSA) is 58.6 Å². The third-order valence-corrected chi connectivity index (χ3v) is 1.84. The van der Waals surface area contributed by atoms with Crippen LogP contribution >= 0.6 is 0 Å². The fraction of sp³-hybridized carbons (Fsp3) is 0.250. The van der Waals surface area contributed by atoms with E-state index in [2.05, 4.69) is 17.2 Å². The van der Waals surface area contributed by atoms with Gasteiger partial charge in [-0.15, -0.1) is 0 Å². The Balaban J connectivity index is 2.67. The van der Waals surface area contributed by atoms with Gasteiger partial charge in [0, 0.05) is 12.5 Å². The SMILES string of the molecule is COc1ccc(C#CCNC(C)=O)cc1O. The normalized spacial score (nSPS) is 8.88. The highest BCUT2D eigenvalue weighted by Gasteiger charge is 1.99. The number of amides is 1. The second-order valence-electron chi connectivity index (χ2n) is 3.10. The first kappa shape index (κ1) is 11.9. The first-order chi connectivity index (χ1) is 7.63. The van der Waals surface area contributed by atoms with E-state index in [1.54, 1.807) is 12.1 Å². The summed E-state index contributed by atoms with van der Waals surface area (Å²) >= 11 is 0. The molecule has 1 aromatic rings. The summed E-state index contributed by atoms with van der Waals surface area (Å²) < 4.78 is 4.90. The summed E-state index contributed by atoms with van der Waals surface area (Å²) in [6.07, 6.45) is 0. The van der Waals surface area contributed by atoms with Crippen LogP contribution in [0.2, 0.25) is 0 Å². The molecular weight excluding hydrogens is 206 g/mol. The van der Waals surface area contributed by atoms with Crippen molar-refractivity contribution >= 4 is 5.91 Å². The molecule has 0 saturated heterocycles. The summed E-state index contributed by atoms with van der Waals surface area (Å²) in [4.78, 5) is 10.6. The lowest BCUT2D eigenvalue weighted by molar-refractivity contribution is -0.118. The van der Waals surface area contributed by atoms with Gasteiger partial charge in [-0.2, -0.15) is 0 Å². The molecule has 0 atom stereocenters. The number of methoxy groups -OCH3 is 1. The predicted octanol–water partition coefficient (Wildman–Crippen LogP) is 0.888. The third-order valence-electron chi connectivity index (χ3n) is 1.84. The molecule has 0 bridgehead atoms. The van der Waals surface area contributed by atoms with Crippen molar-refractivity contribution in [2.75, 3.05) is 13.7 Å². The Bertz CT molecular complexity index is 443. The van der Waals surface area contributed by atoms with E-state index in [0.29, 0.717) is 17.9 Å². The number of carbonyl (C=O) groups is 1. The summed E-state index contributed by atoms with van der Waals surface area (Å²) in [7, 11) is 1.48. The fourth-order valence-corrected chi connectivity index (χ4v) is 1.08. The zero-order chi connectivity index (χ0) is 12.0. The number of hydrogen-bond donors (Lipinski definition) is 2. The largest absolute Gasteiger partial charge is 0.504 e. The molecule has 1 rings (SSSR count). The van der Waals surface area contributed by atoms with Crippen molar-refractivity contribution in [2.24, 2.45) is 0 Å². The minimum absolute atomic E-state index is 0.0498. The maximum atomic E-state index is 10.6. The highest BCUT2D eigenvalue weighted by atomic mass is 16.5. The number of benzene rings is 1. The van der Waals surface area contributed by atoms with E-state index < -0.39 is 0 Å². The Hall–Kier alpha value is -2.15. The summed E-state index contributed by atoms with van der Waals surface area (Å²) in [5.74, 6) is 5.92. The second-order valence-corrected chi connectivity index (χ2v) is 3.10. The first-order valence-electron chi connectivity index (χ1n) is 4.74. The lowest BCUT2D eigenvalue weighted by Crippen LogP contribution is -2.19. The molecule has 0 fully saturated rings. The van der Waals surface area contributed by atoms with E-state index in [4.69, 9.17) is 4.74 Å². The lowest BCUT2D eigenvalue weighted by atomic mass is 10.2. The quantitative estimate of drug-likeness (QED) is 0.726. The van der Waals surface area contributed by atoms with Crippen LogP contribution in [0, 0.1) is 11.8 Å². The number of carbonyl (C=O) groups excluding carboxylic acids is 1. The number of phenols is 1. The van der Waals surface area contributed by atoms with E-state index in [9.17, 15) is 9.90 Å². The van der Waals surface area contributed by atoms with Gasteiger partial charge in [-0.3, -0.25) is 4.79 Å². The van der Waals surface area contributed by atoms with Gasteiger partial charge in [0.1, 0.15) is 0 Å². The summed E-state index contributed by atoms with van der Waals surface area (Å²) in [5.41, 5.74) is 0.670. The molecule has 0 aromatic heterocycles. The van der Waals surface area contributed by atoms with Crippen molar-refractivity contribution in [3.05, 3.63) is 23.8 Å². The van der Waals surface area contributed by atoms with E-state index >= 15 is 0 Å². The van der Waals surface area contributed by atoms with Crippen LogP contribution in [0.15, 0.2) is 18.2 Å². The van der Waals surface area contributed by atoms with Gasteiger partial charge < -0.3 is 15.2 Å². The van der Waals surface area contributed by atoms with Crippen molar-refractivity contribution < 1.29 is 14.6 Å². The molecule has 0 spiro atoms. The average molecular weight is 219 g/mol. The van der Waals surface area contributed by atoms with Gasteiger partial charge in [-0.25, -0.2) is 0 Å². The number of nitrogens with one attached hydrogen (secondary N) is 1. The Labute approximate surface area is 94.2 Å². The zero-order valence-corrected chi connectivity index (χ0v) is 9.20. The Kier molecular flexibility index (Phi) is 4.22. The number of ether oxygens (including phenoxy) is 1. The highest BCUT2D eigenvalue weighted by Crippen LogP contribution is 2.25. The average Bonchev–Trinajstić information content (AvgIpc) is 2.24. The van der Waals surface area contributed by atoms with Crippen LogP contribution in [0.4, 0.5) is 0 Å². The second kappa shape index (κ2) is 5.66. The molecular formula is C12H13NO3. The maximum absolute atomic E-state index is 10.6. The summed E-state index contributed by atoms with van der Waals surface area (Å²) in [5, 5.41) is 12.0. The van der Waals surface area contributed by atoms with E-state index in [0.717, 1.165) is 0 Å². The van der Waals surface area contributed by atoms with Crippen molar-refractivity contribution in [3.63, 3.8) is 0 Å². The van der Waals surface area contributed by atoms with E-state index in [1.807, 2.05) is 0 Å². The van der Waals surface area contributed by atoms with Crippen LogP contribution in [-0.4, -0.2) is 24.7 Å². The monoisotopic (exact) mass is 219 g/mol. The maximum Gasteiger partial charge on any atom is 0.217 e. The number of aromatic hydroxyl groups is 1. The first-order valence-corrected chi connectivity index (χ1v) is 4.74. The van der Waals surface area contributed by atoms with Gasteiger partial charge in [-0.05, 0) is 18.2 Å². The van der Waals surface area contributed by atoms with E-state index in [1.165, 1.54) is 20.1 Å². The number of hydrogen-bond acceptors (Lipinski definition) is 3. The van der Waals surface area contributed by atoms with Crippen molar-refractivity contribution in [1.29, 1.82) is 0 Å². The van der Waals surface area contributed by atoms with Crippen LogP contribution in [0.3, 0.4) is 0 Å². The predicted molar refractivity (Wildman–Crippen MR) is 60.2 cm³/mol. The standard InChI is InChI=1S/C12H13NO3/c1-9(14)13-7-3-4-10-5-6-12(16-2)11(15)8-10/h5-6,8,15H,7H2,1-2H3,(H,13,14). The van der Waals surface area contributed by atoms with Gasteiger partial charge >= 0.3 is 0 Å². The zero-order valence-electron chi connectivity index (χ0n) is 9.20. The summed E-state index contributed by atoms with van der Waals surface area (Å²) in [6, 6.07) is 4.89. The minimum atomic E-state index is -0.119. The third kappa shape index (κ3) is 3.54.